The van der Waals surface area contributed by atoms with Gasteiger partial charge in [0.2, 0.25) is 0 Å². The van der Waals surface area contributed by atoms with Crippen molar-refractivity contribution in [3.63, 3.8) is 0 Å². The Bertz CT molecular complexity index is 156. The van der Waals surface area contributed by atoms with Gasteiger partial charge in [-0.25, -0.2) is 0 Å². The van der Waals surface area contributed by atoms with Crippen molar-refractivity contribution in [3.05, 3.63) is 0 Å². The van der Waals surface area contributed by atoms with E-state index in [-0.39, 0.29) is 0 Å². The first-order chi connectivity index (χ1) is 7.24. The molecule has 0 amide bonds. The maximum atomic E-state index is 5.58. The Labute approximate surface area is 94.0 Å². The predicted octanol–water partition coefficient (Wildman–Crippen LogP) is 1.47. The Morgan fingerprint density at radius 2 is 2.27 bits per heavy atom. The van der Waals surface area contributed by atoms with Crippen molar-refractivity contribution in [1.29, 1.82) is 0 Å². The highest BCUT2D eigenvalue weighted by Crippen LogP contribution is 2.15. The Balaban J connectivity index is 2.37. The Morgan fingerprint density at radius 3 is 2.80 bits per heavy atom. The van der Waals surface area contributed by atoms with Gasteiger partial charge in [-0.05, 0) is 38.3 Å². The molecule has 0 aliphatic carbocycles. The zero-order valence-electron chi connectivity index (χ0n) is 10.2. The number of rotatable bonds is 6. The molecule has 0 aromatic heterocycles. The molecule has 1 saturated heterocycles. The van der Waals surface area contributed by atoms with Crippen LogP contribution in [0.15, 0.2) is 0 Å². The lowest BCUT2D eigenvalue weighted by Gasteiger charge is -2.35. The van der Waals surface area contributed by atoms with Crippen molar-refractivity contribution in [1.82, 2.24) is 4.90 Å². The molecule has 0 aromatic rings. The Kier molecular flexibility index (Phi) is 6.22. The van der Waals surface area contributed by atoms with Crippen LogP contribution in [-0.4, -0.2) is 43.8 Å². The number of nitrogens with two attached hydrogens (primary N) is 1. The summed E-state index contributed by atoms with van der Waals surface area (Å²) in [5.74, 6) is 0.727. The maximum Gasteiger partial charge on any atom is 0.0621 e. The van der Waals surface area contributed by atoms with Crippen LogP contribution in [0, 0.1) is 5.92 Å². The minimum absolute atomic E-state index is 0.632. The summed E-state index contributed by atoms with van der Waals surface area (Å²) in [6.45, 7) is 9.51. The maximum absolute atomic E-state index is 5.58. The molecule has 3 nitrogen and oxygen atoms in total. The van der Waals surface area contributed by atoms with Gasteiger partial charge in [-0.2, -0.15) is 0 Å². The molecule has 90 valence electrons. The third-order valence-corrected chi connectivity index (χ3v) is 2.90. The SMILES string of the molecule is CC(C)CN(CCCN)C1CCCOC1. The van der Waals surface area contributed by atoms with Gasteiger partial charge in [-0.3, -0.25) is 4.90 Å². The molecule has 0 bridgehead atoms. The molecule has 3 heteroatoms. The lowest BCUT2D eigenvalue weighted by molar-refractivity contribution is 0.0134. The molecule has 1 rings (SSSR count). The molecule has 1 atom stereocenters. The minimum atomic E-state index is 0.632. The van der Waals surface area contributed by atoms with Crippen LogP contribution >= 0.6 is 0 Å². The van der Waals surface area contributed by atoms with E-state index < -0.39 is 0 Å². The molecule has 0 aromatic carbocycles. The molecule has 0 spiro atoms. The third-order valence-electron chi connectivity index (χ3n) is 2.90. The first-order valence-corrected chi connectivity index (χ1v) is 6.26. The quantitative estimate of drug-likeness (QED) is 0.728. The first kappa shape index (κ1) is 12.9. The summed E-state index contributed by atoms with van der Waals surface area (Å²) in [5.41, 5.74) is 5.58. The van der Waals surface area contributed by atoms with Crippen LogP contribution in [0.4, 0.5) is 0 Å². The minimum Gasteiger partial charge on any atom is -0.380 e. The van der Waals surface area contributed by atoms with Gasteiger partial charge >= 0.3 is 0 Å². The Morgan fingerprint density at radius 1 is 1.47 bits per heavy atom. The van der Waals surface area contributed by atoms with E-state index in [1.807, 2.05) is 0 Å². The molecule has 1 aliphatic rings. The topological polar surface area (TPSA) is 38.5 Å². The standard InChI is InChI=1S/C12H26N2O/c1-11(2)9-14(7-4-6-13)12-5-3-8-15-10-12/h11-12H,3-10,13H2,1-2H3. The van der Waals surface area contributed by atoms with Crippen molar-refractivity contribution >= 4 is 0 Å². The largest absolute Gasteiger partial charge is 0.380 e. The average molecular weight is 214 g/mol. The zero-order chi connectivity index (χ0) is 11.1. The molecule has 0 saturated carbocycles. The summed E-state index contributed by atoms with van der Waals surface area (Å²) in [4.78, 5) is 2.57. The fourth-order valence-corrected chi connectivity index (χ4v) is 2.20. The van der Waals surface area contributed by atoms with Crippen LogP contribution in [0.25, 0.3) is 0 Å². The van der Waals surface area contributed by atoms with E-state index >= 15 is 0 Å². The zero-order valence-corrected chi connectivity index (χ0v) is 10.2. The fraction of sp³-hybridized carbons (Fsp3) is 1.00. The van der Waals surface area contributed by atoms with Gasteiger partial charge in [0.15, 0.2) is 0 Å². The summed E-state index contributed by atoms with van der Waals surface area (Å²) in [5, 5.41) is 0. The highest BCUT2D eigenvalue weighted by molar-refractivity contribution is 4.75. The van der Waals surface area contributed by atoms with Crippen molar-refractivity contribution in [2.45, 2.75) is 39.2 Å². The smallest absolute Gasteiger partial charge is 0.0621 e. The highest BCUT2D eigenvalue weighted by atomic mass is 16.5. The van der Waals surface area contributed by atoms with E-state index in [1.54, 1.807) is 0 Å². The van der Waals surface area contributed by atoms with Crippen molar-refractivity contribution < 1.29 is 4.74 Å². The molecule has 1 unspecified atom stereocenters. The summed E-state index contributed by atoms with van der Waals surface area (Å²) in [7, 11) is 0. The first-order valence-electron chi connectivity index (χ1n) is 6.26. The molecule has 2 N–H and O–H groups in total. The van der Waals surface area contributed by atoms with Gasteiger partial charge in [-0.15, -0.1) is 0 Å². The van der Waals surface area contributed by atoms with E-state index in [2.05, 4.69) is 18.7 Å². The van der Waals surface area contributed by atoms with Crippen LogP contribution in [0.5, 0.6) is 0 Å². The van der Waals surface area contributed by atoms with E-state index in [1.165, 1.54) is 19.4 Å². The predicted molar refractivity (Wildman–Crippen MR) is 63.9 cm³/mol. The van der Waals surface area contributed by atoms with Gasteiger partial charge in [-0.1, -0.05) is 13.8 Å². The second-order valence-corrected chi connectivity index (χ2v) is 4.90. The summed E-state index contributed by atoms with van der Waals surface area (Å²) in [6.07, 6.45) is 3.60. The molecular formula is C12H26N2O. The van der Waals surface area contributed by atoms with Crippen molar-refractivity contribution in [2.24, 2.45) is 11.7 Å². The van der Waals surface area contributed by atoms with E-state index in [4.69, 9.17) is 10.5 Å². The van der Waals surface area contributed by atoms with E-state index in [0.717, 1.165) is 38.6 Å². The van der Waals surface area contributed by atoms with Crippen LogP contribution < -0.4 is 5.73 Å². The van der Waals surface area contributed by atoms with Gasteiger partial charge in [0, 0.05) is 19.2 Å². The lowest BCUT2D eigenvalue weighted by atomic mass is 10.1. The fourth-order valence-electron chi connectivity index (χ4n) is 2.20. The third kappa shape index (κ3) is 4.96. The number of nitrogens with zero attached hydrogens (tertiary/aromatic N) is 1. The molecule has 1 heterocycles. The van der Waals surface area contributed by atoms with Crippen LogP contribution in [0.3, 0.4) is 0 Å². The number of ether oxygens (including phenoxy) is 1. The summed E-state index contributed by atoms with van der Waals surface area (Å²) in [6, 6.07) is 0.632. The van der Waals surface area contributed by atoms with Crippen LogP contribution in [0.1, 0.15) is 33.1 Å². The Hall–Kier alpha value is -0.120. The normalized spacial score (nSPS) is 22.6. The van der Waals surface area contributed by atoms with Crippen LogP contribution in [0.2, 0.25) is 0 Å². The monoisotopic (exact) mass is 214 g/mol. The second-order valence-electron chi connectivity index (χ2n) is 4.90. The van der Waals surface area contributed by atoms with Crippen molar-refractivity contribution in [3.8, 4) is 0 Å². The summed E-state index contributed by atoms with van der Waals surface area (Å²) < 4.78 is 5.55. The highest BCUT2D eigenvalue weighted by Gasteiger charge is 2.21. The lowest BCUT2D eigenvalue weighted by Crippen LogP contribution is -2.43. The number of hydrogen-bond donors (Lipinski definition) is 1. The molecule has 1 aliphatic heterocycles. The van der Waals surface area contributed by atoms with E-state index in [0.29, 0.717) is 6.04 Å². The summed E-state index contributed by atoms with van der Waals surface area (Å²) >= 11 is 0. The number of hydrogen-bond acceptors (Lipinski definition) is 3. The van der Waals surface area contributed by atoms with Crippen LogP contribution in [-0.2, 0) is 4.74 Å². The molecule has 15 heavy (non-hydrogen) atoms. The molecule has 0 radical (unpaired) electrons. The van der Waals surface area contributed by atoms with E-state index in [9.17, 15) is 0 Å². The van der Waals surface area contributed by atoms with Gasteiger partial charge < -0.3 is 10.5 Å². The van der Waals surface area contributed by atoms with Crippen molar-refractivity contribution in [2.75, 3.05) is 32.8 Å². The molecule has 1 fully saturated rings. The van der Waals surface area contributed by atoms with Gasteiger partial charge in [0.1, 0.15) is 0 Å². The van der Waals surface area contributed by atoms with Gasteiger partial charge in [0.25, 0.3) is 0 Å². The average Bonchev–Trinajstić information content (AvgIpc) is 2.25. The second kappa shape index (κ2) is 7.20. The molecular weight excluding hydrogens is 188 g/mol. The van der Waals surface area contributed by atoms with Gasteiger partial charge in [0.05, 0.1) is 6.61 Å².